The van der Waals surface area contributed by atoms with E-state index in [1.165, 1.54) is 0 Å². The van der Waals surface area contributed by atoms with E-state index in [1.54, 1.807) is 11.2 Å². The van der Waals surface area contributed by atoms with E-state index in [1.807, 2.05) is 39.2 Å². The minimum Gasteiger partial charge on any atom is -0.443 e. The average molecular weight is 300 g/mol. The number of rotatable bonds is 1. The maximum Gasteiger partial charge on any atom is 0.414 e. The molecule has 0 unspecified atom stereocenters. The fourth-order valence-electron chi connectivity index (χ4n) is 2.53. The van der Waals surface area contributed by atoms with Crippen LogP contribution in [-0.2, 0) is 4.74 Å². The van der Waals surface area contributed by atoms with Crippen LogP contribution in [0.15, 0.2) is 24.8 Å². The first-order valence-electron chi connectivity index (χ1n) is 7.43. The van der Waals surface area contributed by atoms with Gasteiger partial charge in [-0.1, -0.05) is 0 Å². The Kier molecular flexibility index (Phi) is 3.60. The van der Waals surface area contributed by atoms with E-state index in [2.05, 4.69) is 15.0 Å². The van der Waals surface area contributed by atoms with E-state index in [9.17, 15) is 4.79 Å². The summed E-state index contributed by atoms with van der Waals surface area (Å²) in [6.45, 7) is 6.27. The molecule has 3 rings (SSSR count). The number of allylic oxidation sites excluding steroid dienone is 1. The summed E-state index contributed by atoms with van der Waals surface area (Å²) in [4.78, 5) is 25.5. The Morgan fingerprint density at radius 1 is 1.36 bits per heavy atom. The van der Waals surface area contributed by atoms with Crippen molar-refractivity contribution >= 4 is 22.7 Å². The highest BCUT2D eigenvalue weighted by molar-refractivity contribution is 5.88. The average Bonchev–Trinajstić information content (AvgIpc) is 2.94. The van der Waals surface area contributed by atoms with Gasteiger partial charge in [0, 0.05) is 24.3 Å². The van der Waals surface area contributed by atoms with Gasteiger partial charge in [-0.25, -0.2) is 14.8 Å². The monoisotopic (exact) mass is 300 g/mol. The molecule has 0 saturated heterocycles. The molecule has 6 nitrogen and oxygen atoms in total. The van der Waals surface area contributed by atoms with Crippen molar-refractivity contribution in [2.45, 2.75) is 39.2 Å². The zero-order valence-electron chi connectivity index (χ0n) is 13.1. The fraction of sp³-hybridized carbons (Fsp3) is 0.438. The van der Waals surface area contributed by atoms with Gasteiger partial charge in [0.2, 0.25) is 0 Å². The maximum atomic E-state index is 12.2. The molecule has 0 radical (unpaired) electrons. The number of nitrogens with zero attached hydrogens (tertiary/aromatic N) is 3. The summed E-state index contributed by atoms with van der Waals surface area (Å²) in [7, 11) is 0. The van der Waals surface area contributed by atoms with Gasteiger partial charge in [0.1, 0.15) is 17.6 Å². The van der Waals surface area contributed by atoms with Crippen molar-refractivity contribution in [3.63, 3.8) is 0 Å². The first-order valence-corrected chi connectivity index (χ1v) is 7.43. The molecule has 1 aliphatic heterocycles. The van der Waals surface area contributed by atoms with Crippen molar-refractivity contribution in [3.05, 3.63) is 30.5 Å². The van der Waals surface area contributed by atoms with Crippen molar-refractivity contribution in [3.8, 4) is 0 Å². The van der Waals surface area contributed by atoms with Gasteiger partial charge in [-0.2, -0.15) is 0 Å². The molecule has 0 aliphatic carbocycles. The first-order chi connectivity index (χ1) is 10.4. The Morgan fingerprint density at radius 3 is 2.95 bits per heavy atom. The summed E-state index contributed by atoms with van der Waals surface area (Å²) in [6.07, 6.45) is 6.70. The highest BCUT2D eigenvalue weighted by atomic mass is 16.6. The summed E-state index contributed by atoms with van der Waals surface area (Å²) in [5.41, 5.74) is 2.22. The topological polar surface area (TPSA) is 71.1 Å². The molecule has 2 aromatic rings. The van der Waals surface area contributed by atoms with Crippen LogP contribution in [0.4, 0.5) is 4.79 Å². The van der Waals surface area contributed by atoms with E-state index in [4.69, 9.17) is 4.74 Å². The predicted octanol–water partition coefficient (Wildman–Crippen LogP) is 3.33. The van der Waals surface area contributed by atoms with Crippen LogP contribution in [0.3, 0.4) is 0 Å². The lowest BCUT2D eigenvalue weighted by Gasteiger charge is -2.28. The molecule has 116 valence electrons. The summed E-state index contributed by atoms with van der Waals surface area (Å²) in [5, 5.41) is 0.972. The van der Waals surface area contributed by atoms with Crippen LogP contribution in [-0.4, -0.2) is 38.1 Å². The number of carbonyl (C=O) groups excluding carboxylic acids is 1. The normalized spacial score (nSPS) is 15.8. The zero-order valence-corrected chi connectivity index (χ0v) is 13.1. The number of hydrogen-bond acceptors (Lipinski definition) is 4. The third kappa shape index (κ3) is 2.95. The van der Waals surface area contributed by atoms with Gasteiger partial charge in [0.05, 0.1) is 5.69 Å². The van der Waals surface area contributed by atoms with Crippen LogP contribution in [0.2, 0.25) is 0 Å². The van der Waals surface area contributed by atoms with Crippen molar-refractivity contribution in [2.24, 2.45) is 0 Å². The number of aromatic amines is 1. The van der Waals surface area contributed by atoms with Gasteiger partial charge < -0.3 is 9.72 Å². The Bertz CT molecular complexity index is 727. The number of nitrogens with one attached hydrogen (secondary N) is 1. The predicted molar refractivity (Wildman–Crippen MR) is 84.0 cm³/mol. The number of H-pyrrole nitrogens is 1. The third-order valence-electron chi connectivity index (χ3n) is 3.44. The third-order valence-corrected chi connectivity index (χ3v) is 3.44. The lowest BCUT2D eigenvalue weighted by molar-refractivity contribution is 0.0329. The number of ether oxygens (including phenoxy) is 1. The highest BCUT2D eigenvalue weighted by Gasteiger charge is 2.24. The second-order valence-corrected chi connectivity index (χ2v) is 6.39. The number of carbonyl (C=O) groups is 1. The van der Waals surface area contributed by atoms with Crippen LogP contribution < -0.4 is 0 Å². The van der Waals surface area contributed by atoms with Crippen LogP contribution in [0, 0.1) is 0 Å². The second kappa shape index (κ2) is 5.44. The molecule has 0 atom stereocenters. The lowest BCUT2D eigenvalue weighted by Crippen LogP contribution is -2.35. The molecule has 1 amide bonds. The quantitative estimate of drug-likeness (QED) is 0.877. The summed E-state index contributed by atoms with van der Waals surface area (Å²) in [5.74, 6) is 0. The molecular weight excluding hydrogens is 280 g/mol. The Hall–Kier alpha value is -2.37. The van der Waals surface area contributed by atoms with E-state index < -0.39 is 5.60 Å². The zero-order chi connectivity index (χ0) is 15.7. The molecule has 0 bridgehead atoms. The number of hydrogen-bond donors (Lipinski definition) is 1. The van der Waals surface area contributed by atoms with E-state index in [-0.39, 0.29) is 6.09 Å². The van der Waals surface area contributed by atoms with E-state index >= 15 is 0 Å². The van der Waals surface area contributed by atoms with Gasteiger partial charge in [-0.05, 0) is 45.3 Å². The van der Waals surface area contributed by atoms with Gasteiger partial charge in [-0.3, -0.25) is 4.90 Å². The standard InChI is InChI=1S/C16H20N4O2/c1-16(2,3)22-15(21)20-8-4-5-11(9-20)13-12-6-7-17-14(12)19-10-18-13/h6-7,9-10H,4-5,8H2,1-3H3,(H,17,18,19). The SMILES string of the molecule is CC(C)(C)OC(=O)N1C=C(c2ncnc3[nH]ccc23)CCC1. The molecule has 0 fully saturated rings. The maximum absolute atomic E-state index is 12.2. The van der Waals surface area contributed by atoms with Crippen LogP contribution >= 0.6 is 0 Å². The summed E-state index contributed by atoms with van der Waals surface area (Å²) >= 11 is 0. The molecule has 1 N–H and O–H groups in total. The van der Waals surface area contributed by atoms with Crippen molar-refractivity contribution in [1.29, 1.82) is 0 Å². The van der Waals surface area contributed by atoms with Crippen molar-refractivity contribution in [2.75, 3.05) is 6.54 Å². The molecule has 3 heterocycles. The summed E-state index contributed by atoms with van der Waals surface area (Å²) in [6, 6.07) is 1.96. The number of aromatic nitrogens is 3. The van der Waals surface area contributed by atoms with Crippen LogP contribution in [0.1, 0.15) is 39.3 Å². The van der Waals surface area contributed by atoms with Gasteiger partial charge >= 0.3 is 6.09 Å². The molecule has 2 aromatic heterocycles. The molecule has 0 saturated carbocycles. The minimum absolute atomic E-state index is 0.316. The van der Waals surface area contributed by atoms with Crippen LogP contribution in [0.25, 0.3) is 16.6 Å². The smallest absolute Gasteiger partial charge is 0.414 e. The Balaban J connectivity index is 1.91. The summed E-state index contributed by atoms with van der Waals surface area (Å²) < 4.78 is 5.44. The highest BCUT2D eigenvalue weighted by Crippen LogP contribution is 2.28. The number of amides is 1. The molecule has 0 spiro atoms. The van der Waals surface area contributed by atoms with Crippen molar-refractivity contribution in [1.82, 2.24) is 19.9 Å². The molecule has 0 aromatic carbocycles. The second-order valence-electron chi connectivity index (χ2n) is 6.39. The van der Waals surface area contributed by atoms with Gasteiger partial charge in [0.15, 0.2) is 0 Å². The largest absolute Gasteiger partial charge is 0.443 e. The first kappa shape index (κ1) is 14.6. The molecule has 1 aliphatic rings. The van der Waals surface area contributed by atoms with Gasteiger partial charge in [-0.15, -0.1) is 0 Å². The molecule has 22 heavy (non-hydrogen) atoms. The Morgan fingerprint density at radius 2 is 2.18 bits per heavy atom. The molecule has 6 heteroatoms. The number of fused-ring (bicyclic) bond motifs is 1. The van der Waals surface area contributed by atoms with Crippen LogP contribution in [0.5, 0.6) is 0 Å². The molecular formula is C16H20N4O2. The minimum atomic E-state index is -0.495. The Labute approximate surface area is 129 Å². The lowest BCUT2D eigenvalue weighted by atomic mass is 10.0. The van der Waals surface area contributed by atoms with Gasteiger partial charge in [0.25, 0.3) is 0 Å². The van der Waals surface area contributed by atoms with Crippen molar-refractivity contribution < 1.29 is 9.53 Å². The fourth-order valence-corrected chi connectivity index (χ4v) is 2.53. The van der Waals surface area contributed by atoms with E-state index in [0.29, 0.717) is 6.54 Å². The van der Waals surface area contributed by atoms with E-state index in [0.717, 1.165) is 35.1 Å².